The maximum absolute atomic E-state index is 14.6. The summed E-state index contributed by atoms with van der Waals surface area (Å²) < 4.78 is 57.7. The molecule has 29 heavy (non-hydrogen) atoms. The van der Waals surface area contributed by atoms with Crippen LogP contribution in [-0.2, 0) is 0 Å². The number of nitrogens with zero attached hydrogens (tertiary/aromatic N) is 2. The second kappa shape index (κ2) is 6.99. The lowest BCUT2D eigenvalue weighted by molar-refractivity contribution is 0.102. The van der Waals surface area contributed by atoms with Gasteiger partial charge in [-0.15, -0.1) is 0 Å². The number of benzene rings is 2. The third kappa shape index (κ3) is 3.23. The SMILES string of the molecule is O=C(Nc1ccc(N2S(O)(O)c3ccccc3S2(O)O)cc1F)c1ccccn1. The number of fused-ring (bicyclic) bond motifs is 1. The molecule has 2 heterocycles. The summed E-state index contributed by atoms with van der Waals surface area (Å²) in [4.78, 5) is 16.0. The summed E-state index contributed by atoms with van der Waals surface area (Å²) in [6.07, 6.45) is 1.43. The highest BCUT2D eigenvalue weighted by Gasteiger charge is 2.47. The fourth-order valence-electron chi connectivity index (χ4n) is 2.92. The number of hydrogen-bond donors (Lipinski definition) is 5. The van der Waals surface area contributed by atoms with Crippen molar-refractivity contribution in [3.8, 4) is 0 Å². The van der Waals surface area contributed by atoms with Gasteiger partial charge in [-0.2, -0.15) is 3.71 Å². The van der Waals surface area contributed by atoms with E-state index >= 15 is 0 Å². The van der Waals surface area contributed by atoms with Crippen LogP contribution in [0.5, 0.6) is 0 Å². The van der Waals surface area contributed by atoms with Crippen LogP contribution in [0.4, 0.5) is 15.8 Å². The summed E-state index contributed by atoms with van der Waals surface area (Å²) in [6.45, 7) is 0. The van der Waals surface area contributed by atoms with Gasteiger partial charge in [-0.1, -0.05) is 39.8 Å². The molecule has 1 aliphatic rings. The van der Waals surface area contributed by atoms with Gasteiger partial charge in [-0.05, 0) is 36.4 Å². The third-order valence-electron chi connectivity index (χ3n) is 4.21. The quantitative estimate of drug-likeness (QED) is 0.388. The first kappa shape index (κ1) is 19.6. The van der Waals surface area contributed by atoms with Crippen LogP contribution in [0.25, 0.3) is 0 Å². The number of halogens is 1. The van der Waals surface area contributed by atoms with E-state index in [1.165, 1.54) is 48.7 Å². The summed E-state index contributed by atoms with van der Waals surface area (Å²) >= 11 is 0. The Morgan fingerprint density at radius 1 is 0.931 bits per heavy atom. The van der Waals surface area contributed by atoms with Crippen molar-refractivity contribution < 1.29 is 27.4 Å². The second-order valence-corrected chi connectivity index (χ2v) is 9.99. The molecule has 1 aromatic heterocycles. The fourth-order valence-corrected chi connectivity index (χ4v) is 7.61. The Hall–Kier alpha value is -2.67. The number of anilines is 2. The van der Waals surface area contributed by atoms with Gasteiger partial charge >= 0.3 is 0 Å². The van der Waals surface area contributed by atoms with Crippen LogP contribution in [0.1, 0.15) is 10.5 Å². The zero-order chi connectivity index (χ0) is 20.8. The highest BCUT2D eigenvalue weighted by atomic mass is 32.4. The maximum Gasteiger partial charge on any atom is 0.274 e. The number of rotatable bonds is 3. The molecule has 11 heteroatoms. The molecule has 0 radical (unpaired) electrons. The van der Waals surface area contributed by atoms with Gasteiger partial charge in [-0.3, -0.25) is 28.0 Å². The zero-order valence-electron chi connectivity index (χ0n) is 14.6. The summed E-state index contributed by atoms with van der Waals surface area (Å²) in [5.41, 5.74) is -0.238. The molecule has 0 aliphatic carbocycles. The van der Waals surface area contributed by atoms with Crippen molar-refractivity contribution in [2.75, 3.05) is 9.03 Å². The predicted molar refractivity (Wildman–Crippen MR) is 110 cm³/mol. The molecule has 1 aliphatic heterocycles. The molecule has 1 amide bonds. The van der Waals surface area contributed by atoms with Crippen LogP contribution in [0.15, 0.2) is 76.7 Å². The first-order valence-electron chi connectivity index (χ1n) is 8.21. The van der Waals surface area contributed by atoms with Crippen molar-refractivity contribution in [2.24, 2.45) is 0 Å². The first-order valence-corrected chi connectivity index (χ1v) is 11.2. The molecule has 0 saturated carbocycles. The number of nitrogens with one attached hydrogen (secondary N) is 1. The summed E-state index contributed by atoms with van der Waals surface area (Å²) in [5, 5.41) is 2.37. The highest BCUT2D eigenvalue weighted by molar-refractivity contribution is 8.44. The summed E-state index contributed by atoms with van der Waals surface area (Å²) in [6, 6.07) is 13.9. The van der Waals surface area contributed by atoms with E-state index in [1.54, 1.807) is 12.1 Å². The van der Waals surface area contributed by atoms with Crippen molar-refractivity contribution in [3.63, 3.8) is 0 Å². The number of pyridine rings is 1. The van der Waals surface area contributed by atoms with Crippen LogP contribution >= 0.6 is 21.6 Å². The molecule has 3 aromatic rings. The van der Waals surface area contributed by atoms with Crippen molar-refractivity contribution in [2.45, 2.75) is 9.79 Å². The lowest BCUT2D eigenvalue weighted by Gasteiger charge is -2.45. The summed E-state index contributed by atoms with van der Waals surface area (Å²) in [7, 11) is -7.59. The largest absolute Gasteiger partial charge is 0.318 e. The Bertz CT molecular complexity index is 1060. The lowest BCUT2D eigenvalue weighted by Crippen LogP contribution is -2.25. The highest BCUT2D eigenvalue weighted by Crippen LogP contribution is 2.77. The molecule has 0 fully saturated rings. The monoisotopic (exact) mass is 437 g/mol. The molecule has 152 valence electrons. The average molecular weight is 437 g/mol. The van der Waals surface area contributed by atoms with Gasteiger partial charge < -0.3 is 5.32 Å². The molecule has 0 unspecified atom stereocenters. The van der Waals surface area contributed by atoms with Crippen molar-refractivity contribution in [3.05, 3.63) is 78.4 Å². The van der Waals surface area contributed by atoms with Crippen molar-refractivity contribution in [1.29, 1.82) is 0 Å². The van der Waals surface area contributed by atoms with Crippen LogP contribution in [0.3, 0.4) is 0 Å². The molecule has 0 saturated heterocycles. The Balaban J connectivity index is 1.67. The van der Waals surface area contributed by atoms with Gasteiger partial charge in [0.05, 0.1) is 11.4 Å². The van der Waals surface area contributed by atoms with E-state index < -0.39 is 33.3 Å². The maximum atomic E-state index is 14.6. The Kier molecular flexibility index (Phi) is 4.73. The topological polar surface area (TPSA) is 126 Å². The Labute approximate surface area is 168 Å². The molecule has 2 aromatic carbocycles. The predicted octanol–water partition coefficient (Wildman–Crippen LogP) is 5.04. The van der Waals surface area contributed by atoms with Gasteiger partial charge in [0.2, 0.25) is 0 Å². The molecule has 0 bridgehead atoms. The van der Waals surface area contributed by atoms with E-state index in [0.717, 1.165) is 6.07 Å². The standard InChI is InChI=1S/C18H16FN3O5S2/c19-13-11-12(8-9-14(13)21-18(23)15-5-3-4-10-20-15)22-28(24,25)16-6-1-2-7-17(16)29(22,26)27/h1-11,24-27H,(H,21,23). The average Bonchev–Trinajstić information content (AvgIpc) is 2.86. The zero-order valence-corrected chi connectivity index (χ0v) is 16.3. The number of carbonyl (C=O) groups excluding carboxylic acids is 1. The summed E-state index contributed by atoms with van der Waals surface area (Å²) in [5.74, 6) is -1.52. The smallest absolute Gasteiger partial charge is 0.274 e. The molecule has 5 N–H and O–H groups in total. The normalized spacial score (nSPS) is 18.6. The minimum Gasteiger partial charge on any atom is -0.318 e. The minimum absolute atomic E-state index is 0.0343. The Morgan fingerprint density at radius 3 is 2.10 bits per heavy atom. The van der Waals surface area contributed by atoms with E-state index in [1.807, 2.05) is 0 Å². The molecular weight excluding hydrogens is 421 g/mol. The molecular formula is C18H16FN3O5S2. The second-order valence-electron chi connectivity index (χ2n) is 6.07. The van der Waals surface area contributed by atoms with Gasteiger partial charge in [-0.25, -0.2) is 4.39 Å². The van der Waals surface area contributed by atoms with Gasteiger partial charge in [0.15, 0.2) is 0 Å². The van der Waals surface area contributed by atoms with E-state index in [2.05, 4.69) is 10.3 Å². The number of amides is 1. The number of hydrogen-bond acceptors (Lipinski definition) is 7. The van der Waals surface area contributed by atoms with E-state index in [9.17, 15) is 27.4 Å². The molecule has 0 spiro atoms. The van der Waals surface area contributed by atoms with E-state index in [-0.39, 0.29) is 26.9 Å². The molecule has 0 atom stereocenters. The number of carbonyl (C=O) groups is 1. The van der Waals surface area contributed by atoms with Crippen LogP contribution < -0.4 is 9.03 Å². The first-order chi connectivity index (χ1) is 13.7. The van der Waals surface area contributed by atoms with Crippen LogP contribution in [-0.4, -0.2) is 29.1 Å². The Morgan fingerprint density at radius 2 is 1.55 bits per heavy atom. The number of aromatic nitrogens is 1. The molecule has 4 rings (SSSR count). The third-order valence-corrected chi connectivity index (χ3v) is 8.83. The van der Waals surface area contributed by atoms with Crippen molar-refractivity contribution >= 4 is 38.8 Å². The lowest BCUT2D eigenvalue weighted by atomic mass is 10.2. The molecule has 8 nitrogen and oxygen atoms in total. The minimum atomic E-state index is -3.80. The van der Waals surface area contributed by atoms with Crippen molar-refractivity contribution in [1.82, 2.24) is 4.98 Å². The fraction of sp³-hybridized carbons (Fsp3) is 0. The van der Waals surface area contributed by atoms with Crippen LogP contribution in [0.2, 0.25) is 0 Å². The van der Waals surface area contributed by atoms with E-state index in [0.29, 0.717) is 3.71 Å². The van der Waals surface area contributed by atoms with Crippen LogP contribution in [0, 0.1) is 5.82 Å². The van der Waals surface area contributed by atoms with Gasteiger partial charge in [0, 0.05) is 12.3 Å². The van der Waals surface area contributed by atoms with Gasteiger partial charge in [0.1, 0.15) is 21.3 Å². The van der Waals surface area contributed by atoms with E-state index in [4.69, 9.17) is 0 Å². The van der Waals surface area contributed by atoms with Gasteiger partial charge in [0.25, 0.3) is 5.91 Å².